The van der Waals surface area contributed by atoms with Crippen LogP contribution in [0.5, 0.6) is 0 Å². The number of sulfonamides is 1. The zero-order valence-electron chi connectivity index (χ0n) is 10.7. The average molecular weight is 324 g/mol. The van der Waals surface area contributed by atoms with E-state index in [2.05, 4.69) is 5.32 Å². The summed E-state index contributed by atoms with van der Waals surface area (Å²) in [6, 6.07) is 2.03. The number of hydrogen-bond donors (Lipinski definition) is 3. The van der Waals surface area contributed by atoms with Crippen LogP contribution in [-0.4, -0.2) is 27.4 Å². The Bertz CT molecular complexity index is 607. The lowest BCUT2D eigenvalue weighted by Crippen LogP contribution is -2.37. The van der Waals surface area contributed by atoms with E-state index in [4.69, 9.17) is 17.3 Å². The zero-order chi connectivity index (χ0) is 15.3. The maximum Gasteiger partial charge on any atom is 0.244 e. The van der Waals surface area contributed by atoms with E-state index in [-0.39, 0.29) is 10.7 Å². The fourth-order valence-electron chi connectivity index (χ4n) is 1.35. The number of anilines is 1. The van der Waals surface area contributed by atoms with Crippen molar-refractivity contribution in [3.8, 4) is 0 Å². The molecular weight excluding hydrogens is 309 g/mol. The van der Waals surface area contributed by atoms with Crippen LogP contribution in [0.25, 0.3) is 0 Å². The standard InChI is InChI=1S/C11H15ClFN3O3S/c1-2-3-15-10(17)6-16-20(18,19)9-5-7(12)4-8(14)11(9)13/h4-5,16H,2-3,6,14H2,1H3,(H,15,17). The largest absolute Gasteiger partial charge is 0.396 e. The molecule has 1 aromatic carbocycles. The average Bonchev–Trinajstić information content (AvgIpc) is 2.38. The van der Waals surface area contributed by atoms with Gasteiger partial charge in [0.05, 0.1) is 12.2 Å². The highest BCUT2D eigenvalue weighted by molar-refractivity contribution is 7.89. The first-order valence-corrected chi connectivity index (χ1v) is 7.65. The van der Waals surface area contributed by atoms with Crippen molar-refractivity contribution in [1.82, 2.24) is 10.0 Å². The molecule has 1 rings (SSSR count). The van der Waals surface area contributed by atoms with Crippen molar-refractivity contribution in [2.75, 3.05) is 18.8 Å². The van der Waals surface area contributed by atoms with Crippen LogP contribution < -0.4 is 15.8 Å². The third kappa shape index (κ3) is 4.32. The number of nitrogens with one attached hydrogen (secondary N) is 2. The van der Waals surface area contributed by atoms with E-state index in [1.54, 1.807) is 0 Å². The number of benzene rings is 1. The Labute approximate surface area is 121 Å². The Morgan fingerprint density at radius 1 is 1.45 bits per heavy atom. The number of hydrogen-bond acceptors (Lipinski definition) is 4. The van der Waals surface area contributed by atoms with E-state index in [1.807, 2.05) is 11.6 Å². The van der Waals surface area contributed by atoms with Gasteiger partial charge >= 0.3 is 0 Å². The van der Waals surface area contributed by atoms with Crippen LogP contribution >= 0.6 is 11.6 Å². The molecule has 0 heterocycles. The van der Waals surface area contributed by atoms with Crippen LogP contribution in [0.3, 0.4) is 0 Å². The topological polar surface area (TPSA) is 101 Å². The molecule has 9 heteroatoms. The van der Waals surface area contributed by atoms with Crippen LogP contribution in [-0.2, 0) is 14.8 Å². The number of carbonyl (C=O) groups excluding carboxylic acids is 1. The van der Waals surface area contributed by atoms with Crippen molar-refractivity contribution < 1.29 is 17.6 Å². The number of carbonyl (C=O) groups is 1. The van der Waals surface area contributed by atoms with Crippen molar-refractivity contribution in [2.24, 2.45) is 0 Å². The highest BCUT2D eigenvalue weighted by Crippen LogP contribution is 2.24. The summed E-state index contributed by atoms with van der Waals surface area (Å²) in [5.41, 5.74) is 4.93. The molecule has 0 bridgehead atoms. The molecule has 0 fully saturated rings. The van der Waals surface area contributed by atoms with Crippen molar-refractivity contribution >= 4 is 33.2 Å². The van der Waals surface area contributed by atoms with E-state index < -0.39 is 33.2 Å². The summed E-state index contributed by atoms with van der Waals surface area (Å²) in [5.74, 6) is -1.61. The van der Waals surface area contributed by atoms with Crippen LogP contribution in [0.15, 0.2) is 17.0 Å². The second-order valence-corrected chi connectivity index (χ2v) is 6.15. The molecule has 0 unspecified atom stereocenters. The van der Waals surface area contributed by atoms with Crippen molar-refractivity contribution in [1.29, 1.82) is 0 Å². The molecule has 1 amide bonds. The summed E-state index contributed by atoms with van der Waals surface area (Å²) in [4.78, 5) is 10.6. The quantitative estimate of drug-likeness (QED) is 0.676. The van der Waals surface area contributed by atoms with E-state index >= 15 is 0 Å². The molecule has 1 aromatic rings. The highest BCUT2D eigenvalue weighted by Gasteiger charge is 2.22. The first-order chi connectivity index (χ1) is 9.27. The van der Waals surface area contributed by atoms with Gasteiger partial charge in [0.1, 0.15) is 4.90 Å². The monoisotopic (exact) mass is 323 g/mol. The van der Waals surface area contributed by atoms with E-state index in [9.17, 15) is 17.6 Å². The normalized spacial score (nSPS) is 11.3. The maximum atomic E-state index is 13.7. The molecule has 0 radical (unpaired) electrons. The Kier molecular flexibility index (Phi) is 5.73. The van der Waals surface area contributed by atoms with E-state index in [1.165, 1.54) is 0 Å². The van der Waals surface area contributed by atoms with Crippen LogP contribution in [0, 0.1) is 5.82 Å². The van der Waals surface area contributed by atoms with Gasteiger partial charge in [-0.3, -0.25) is 4.79 Å². The van der Waals surface area contributed by atoms with Gasteiger partial charge in [-0.2, -0.15) is 0 Å². The summed E-state index contributed by atoms with van der Waals surface area (Å²) in [6.45, 7) is 1.79. The molecule has 0 aromatic heterocycles. The molecule has 112 valence electrons. The molecule has 0 saturated carbocycles. The predicted octanol–water partition coefficient (Wildman–Crippen LogP) is 0.866. The Morgan fingerprint density at radius 3 is 2.70 bits per heavy atom. The second kappa shape index (κ2) is 6.87. The summed E-state index contributed by atoms with van der Waals surface area (Å²) in [5, 5.41) is 2.47. The van der Waals surface area contributed by atoms with Crippen molar-refractivity contribution in [2.45, 2.75) is 18.2 Å². The van der Waals surface area contributed by atoms with Crippen LogP contribution in [0.4, 0.5) is 10.1 Å². The Balaban J connectivity index is 2.87. The van der Waals surface area contributed by atoms with Crippen molar-refractivity contribution in [3.05, 3.63) is 23.0 Å². The maximum absolute atomic E-state index is 13.7. The molecule has 0 aliphatic carbocycles. The molecule has 6 nitrogen and oxygen atoms in total. The lowest BCUT2D eigenvalue weighted by molar-refractivity contribution is -0.119. The number of nitrogens with two attached hydrogens (primary N) is 1. The van der Waals surface area contributed by atoms with Gasteiger partial charge in [0.15, 0.2) is 5.82 Å². The van der Waals surface area contributed by atoms with E-state index in [0.717, 1.165) is 18.6 Å². The molecule has 4 N–H and O–H groups in total. The molecule has 0 spiro atoms. The third-order valence-corrected chi connectivity index (χ3v) is 3.94. The molecular formula is C11H15ClFN3O3S. The summed E-state index contributed by atoms with van der Waals surface area (Å²) in [7, 11) is -4.21. The van der Waals surface area contributed by atoms with Gasteiger partial charge in [0, 0.05) is 11.6 Å². The summed E-state index contributed by atoms with van der Waals surface area (Å²) >= 11 is 5.64. The Hall–Kier alpha value is -1.38. The summed E-state index contributed by atoms with van der Waals surface area (Å²) in [6.07, 6.45) is 0.720. The van der Waals surface area contributed by atoms with Gasteiger partial charge < -0.3 is 11.1 Å². The molecule has 0 aliphatic heterocycles. The molecule has 0 aliphatic rings. The fourth-order valence-corrected chi connectivity index (χ4v) is 2.75. The summed E-state index contributed by atoms with van der Waals surface area (Å²) < 4.78 is 39.5. The minimum atomic E-state index is -4.21. The Morgan fingerprint density at radius 2 is 2.10 bits per heavy atom. The minimum Gasteiger partial charge on any atom is -0.396 e. The second-order valence-electron chi connectivity index (χ2n) is 3.98. The highest BCUT2D eigenvalue weighted by atomic mass is 35.5. The molecule has 0 saturated heterocycles. The van der Waals surface area contributed by atoms with E-state index in [0.29, 0.717) is 6.54 Å². The number of halogens is 2. The lowest BCUT2D eigenvalue weighted by atomic mass is 10.3. The van der Waals surface area contributed by atoms with Gasteiger partial charge in [0.25, 0.3) is 0 Å². The van der Waals surface area contributed by atoms with Gasteiger partial charge in [-0.25, -0.2) is 17.5 Å². The molecule has 0 atom stereocenters. The van der Waals surface area contributed by atoms with Gasteiger partial charge in [-0.15, -0.1) is 0 Å². The van der Waals surface area contributed by atoms with Crippen LogP contribution in [0.2, 0.25) is 5.02 Å². The first kappa shape index (κ1) is 16.7. The molecule has 20 heavy (non-hydrogen) atoms. The van der Waals surface area contributed by atoms with Gasteiger partial charge in [0.2, 0.25) is 15.9 Å². The van der Waals surface area contributed by atoms with Gasteiger partial charge in [-0.05, 0) is 18.6 Å². The number of nitrogen functional groups attached to an aromatic ring is 1. The third-order valence-electron chi connectivity index (χ3n) is 2.32. The minimum absolute atomic E-state index is 0.0142. The predicted molar refractivity (Wildman–Crippen MR) is 74.3 cm³/mol. The van der Waals surface area contributed by atoms with Gasteiger partial charge in [-0.1, -0.05) is 18.5 Å². The zero-order valence-corrected chi connectivity index (χ0v) is 12.3. The lowest BCUT2D eigenvalue weighted by Gasteiger charge is -2.09. The number of amides is 1. The SMILES string of the molecule is CCCNC(=O)CNS(=O)(=O)c1cc(Cl)cc(N)c1F. The fraction of sp³-hybridized carbons (Fsp3) is 0.364. The number of rotatable bonds is 6. The van der Waals surface area contributed by atoms with Crippen molar-refractivity contribution in [3.63, 3.8) is 0 Å². The smallest absolute Gasteiger partial charge is 0.244 e. The first-order valence-electron chi connectivity index (χ1n) is 5.78. The van der Waals surface area contributed by atoms with Crippen LogP contribution in [0.1, 0.15) is 13.3 Å².